The molecule has 1 amide bonds. The molecule has 0 spiro atoms. The van der Waals surface area contributed by atoms with Crippen LogP contribution in [0.4, 0.5) is 0 Å². The summed E-state index contributed by atoms with van der Waals surface area (Å²) in [6.07, 6.45) is 0.799. The van der Waals surface area contributed by atoms with Gasteiger partial charge in [0.05, 0.1) is 11.6 Å². The van der Waals surface area contributed by atoms with E-state index in [4.69, 9.17) is 9.84 Å². The van der Waals surface area contributed by atoms with Crippen LogP contribution in [0, 0.1) is 0 Å². The van der Waals surface area contributed by atoms with Crippen molar-refractivity contribution in [2.24, 2.45) is 0 Å². The molecule has 0 atom stereocenters. The van der Waals surface area contributed by atoms with Crippen molar-refractivity contribution in [2.45, 2.75) is 32.2 Å². The van der Waals surface area contributed by atoms with Gasteiger partial charge in [0.15, 0.2) is 0 Å². The number of methoxy groups -OCH3 is 1. The van der Waals surface area contributed by atoms with Crippen molar-refractivity contribution in [3.63, 3.8) is 0 Å². The number of halogens is 1. The maximum absolute atomic E-state index is 12.1. The van der Waals surface area contributed by atoms with Gasteiger partial charge in [0.2, 0.25) is 5.91 Å². The van der Waals surface area contributed by atoms with E-state index in [2.05, 4.69) is 15.9 Å². The van der Waals surface area contributed by atoms with E-state index in [0.29, 0.717) is 6.42 Å². The Bertz CT molecular complexity index is 542. The molecule has 0 saturated heterocycles. The molecule has 0 unspecified atom stereocenters. The van der Waals surface area contributed by atoms with Crippen molar-refractivity contribution in [3.8, 4) is 5.75 Å². The maximum atomic E-state index is 12.1. The van der Waals surface area contributed by atoms with E-state index >= 15 is 0 Å². The Morgan fingerprint density at radius 3 is 2.48 bits per heavy atom. The van der Waals surface area contributed by atoms with Crippen LogP contribution in [0.2, 0.25) is 0 Å². The normalized spacial score (nSPS) is 11.1. The minimum Gasteiger partial charge on any atom is -0.496 e. The van der Waals surface area contributed by atoms with Gasteiger partial charge in [-0.15, -0.1) is 0 Å². The van der Waals surface area contributed by atoms with Gasteiger partial charge in [0.1, 0.15) is 11.3 Å². The molecule has 0 saturated carbocycles. The van der Waals surface area contributed by atoms with E-state index in [0.717, 1.165) is 15.8 Å². The van der Waals surface area contributed by atoms with Crippen LogP contribution < -0.4 is 4.74 Å². The lowest BCUT2D eigenvalue weighted by Crippen LogP contribution is -2.50. The van der Waals surface area contributed by atoms with E-state index in [1.54, 1.807) is 7.11 Å². The Morgan fingerprint density at radius 2 is 2.00 bits per heavy atom. The van der Waals surface area contributed by atoms with Crippen LogP contribution in [-0.2, 0) is 16.0 Å². The molecule has 0 aliphatic carbocycles. The molecule has 1 aromatic rings. The number of aliphatic carboxylic acids is 1. The molecule has 0 heterocycles. The summed E-state index contributed by atoms with van der Waals surface area (Å²) >= 11 is 3.40. The highest BCUT2D eigenvalue weighted by atomic mass is 79.9. The standard InChI is InChI=1S/C15H20BrNO4/c1-15(2,14(19)20)17(3)13(18)8-6-10-5-7-12(21-4)11(16)9-10/h5,7,9H,6,8H2,1-4H3,(H,19,20). The third-order valence-electron chi connectivity index (χ3n) is 3.58. The van der Waals surface area contributed by atoms with Gasteiger partial charge in [-0.3, -0.25) is 4.79 Å². The van der Waals surface area contributed by atoms with Crippen LogP contribution in [0.1, 0.15) is 25.8 Å². The number of carbonyl (C=O) groups excluding carboxylic acids is 1. The fourth-order valence-corrected chi connectivity index (χ4v) is 2.33. The summed E-state index contributed by atoms with van der Waals surface area (Å²) in [7, 11) is 3.10. The second-order valence-corrected chi connectivity index (χ2v) is 6.14. The summed E-state index contributed by atoms with van der Waals surface area (Å²) in [5, 5.41) is 9.13. The van der Waals surface area contributed by atoms with Crippen molar-refractivity contribution >= 4 is 27.8 Å². The number of hydrogen-bond donors (Lipinski definition) is 1. The van der Waals surface area contributed by atoms with Crippen molar-refractivity contribution < 1.29 is 19.4 Å². The number of carboxylic acids is 1. The predicted octanol–water partition coefficient (Wildman–Crippen LogP) is 2.71. The largest absolute Gasteiger partial charge is 0.496 e. The Balaban J connectivity index is 2.69. The zero-order valence-corrected chi connectivity index (χ0v) is 14.2. The predicted molar refractivity (Wildman–Crippen MR) is 83.5 cm³/mol. The zero-order valence-electron chi connectivity index (χ0n) is 12.6. The third-order valence-corrected chi connectivity index (χ3v) is 4.20. The molecule has 116 valence electrons. The second kappa shape index (κ2) is 6.93. The van der Waals surface area contributed by atoms with E-state index in [1.165, 1.54) is 25.8 Å². The molecular weight excluding hydrogens is 338 g/mol. The summed E-state index contributed by atoms with van der Waals surface area (Å²) in [6, 6.07) is 5.61. The Labute approximate surface area is 133 Å². The summed E-state index contributed by atoms with van der Waals surface area (Å²) in [5.74, 6) is -0.492. The molecule has 1 aromatic carbocycles. The van der Waals surface area contributed by atoms with Gasteiger partial charge in [0, 0.05) is 13.5 Å². The first-order chi connectivity index (χ1) is 9.70. The Kier molecular flexibility index (Phi) is 5.78. The molecule has 0 aliphatic rings. The third kappa shape index (κ3) is 4.20. The molecular formula is C15H20BrNO4. The first kappa shape index (κ1) is 17.5. The first-order valence-corrected chi connectivity index (χ1v) is 7.32. The molecule has 0 aromatic heterocycles. The number of aryl methyl sites for hydroxylation is 1. The van der Waals surface area contributed by atoms with Gasteiger partial charge in [-0.1, -0.05) is 6.07 Å². The quantitative estimate of drug-likeness (QED) is 0.849. The van der Waals surface area contributed by atoms with Crippen LogP contribution >= 0.6 is 15.9 Å². The number of carboxylic acid groups (broad SMARTS) is 1. The fourth-order valence-electron chi connectivity index (χ4n) is 1.74. The lowest BCUT2D eigenvalue weighted by molar-refractivity contribution is -0.155. The average molecular weight is 358 g/mol. The van der Waals surface area contributed by atoms with Gasteiger partial charge >= 0.3 is 5.97 Å². The van der Waals surface area contributed by atoms with Crippen LogP contribution in [-0.4, -0.2) is 41.6 Å². The smallest absolute Gasteiger partial charge is 0.329 e. The Morgan fingerprint density at radius 1 is 1.38 bits per heavy atom. The van der Waals surface area contributed by atoms with Gasteiger partial charge in [-0.25, -0.2) is 4.79 Å². The zero-order chi connectivity index (χ0) is 16.2. The van der Waals surface area contributed by atoms with E-state index < -0.39 is 11.5 Å². The van der Waals surface area contributed by atoms with Gasteiger partial charge in [-0.05, 0) is 53.9 Å². The molecule has 1 rings (SSSR count). The second-order valence-electron chi connectivity index (χ2n) is 5.29. The number of benzene rings is 1. The monoisotopic (exact) mass is 357 g/mol. The summed E-state index contributed by atoms with van der Waals surface area (Å²) in [4.78, 5) is 24.5. The lowest BCUT2D eigenvalue weighted by Gasteiger charge is -2.31. The van der Waals surface area contributed by atoms with Gasteiger partial charge in [-0.2, -0.15) is 0 Å². The van der Waals surface area contributed by atoms with Crippen LogP contribution in [0.5, 0.6) is 5.75 Å². The van der Waals surface area contributed by atoms with Gasteiger partial charge in [0.25, 0.3) is 0 Å². The fraction of sp³-hybridized carbons (Fsp3) is 0.467. The van der Waals surface area contributed by atoms with Crippen molar-refractivity contribution in [2.75, 3.05) is 14.2 Å². The topological polar surface area (TPSA) is 66.8 Å². The number of hydrogen-bond acceptors (Lipinski definition) is 3. The van der Waals surface area contributed by atoms with Gasteiger partial charge < -0.3 is 14.7 Å². The summed E-state index contributed by atoms with van der Waals surface area (Å²) in [6.45, 7) is 3.02. The van der Waals surface area contributed by atoms with E-state index in [1.807, 2.05) is 18.2 Å². The average Bonchev–Trinajstić information content (AvgIpc) is 2.43. The highest BCUT2D eigenvalue weighted by Gasteiger charge is 2.34. The highest BCUT2D eigenvalue weighted by Crippen LogP contribution is 2.26. The molecule has 0 aliphatic heterocycles. The number of rotatable bonds is 6. The number of nitrogens with zero attached hydrogens (tertiary/aromatic N) is 1. The van der Waals surface area contributed by atoms with Crippen molar-refractivity contribution in [1.29, 1.82) is 0 Å². The Hall–Kier alpha value is -1.56. The number of likely N-dealkylation sites (N-methyl/N-ethyl adjacent to an activating group) is 1. The highest BCUT2D eigenvalue weighted by molar-refractivity contribution is 9.10. The van der Waals surface area contributed by atoms with Crippen LogP contribution in [0.25, 0.3) is 0 Å². The number of ether oxygens (including phenoxy) is 1. The molecule has 0 fully saturated rings. The summed E-state index contributed by atoms with van der Waals surface area (Å²) < 4.78 is 5.98. The van der Waals surface area contributed by atoms with E-state index in [9.17, 15) is 9.59 Å². The van der Waals surface area contributed by atoms with Crippen molar-refractivity contribution in [1.82, 2.24) is 4.90 Å². The first-order valence-electron chi connectivity index (χ1n) is 6.52. The SMILES string of the molecule is COc1ccc(CCC(=O)N(C)C(C)(C)C(=O)O)cc1Br. The molecule has 1 N–H and O–H groups in total. The minimum atomic E-state index is -1.21. The van der Waals surface area contributed by atoms with Crippen LogP contribution in [0.3, 0.4) is 0 Å². The van der Waals surface area contributed by atoms with E-state index in [-0.39, 0.29) is 12.3 Å². The van der Waals surface area contributed by atoms with Crippen LogP contribution in [0.15, 0.2) is 22.7 Å². The molecule has 0 radical (unpaired) electrons. The molecule has 5 nitrogen and oxygen atoms in total. The van der Waals surface area contributed by atoms with Crippen molar-refractivity contribution in [3.05, 3.63) is 28.2 Å². The molecule has 21 heavy (non-hydrogen) atoms. The molecule has 6 heteroatoms. The number of carbonyl (C=O) groups is 2. The maximum Gasteiger partial charge on any atom is 0.329 e. The summed E-state index contributed by atoms with van der Waals surface area (Å²) in [5.41, 5.74) is -0.227. The lowest BCUT2D eigenvalue weighted by atomic mass is 10.0. The minimum absolute atomic E-state index is 0.200. The number of amides is 1. The molecule has 0 bridgehead atoms.